The average Bonchev–Trinajstić information content (AvgIpc) is 2.17. The predicted molar refractivity (Wildman–Crippen MR) is 54.0 cm³/mol. The van der Waals surface area contributed by atoms with Crippen LogP contribution < -0.4 is 11.1 Å². The van der Waals surface area contributed by atoms with Crippen LogP contribution in [0.3, 0.4) is 0 Å². The molecule has 3 N–H and O–H groups in total. The molecule has 0 aliphatic carbocycles. The van der Waals surface area contributed by atoms with E-state index in [1.54, 1.807) is 7.11 Å². The van der Waals surface area contributed by atoms with Crippen molar-refractivity contribution in [2.45, 2.75) is 19.4 Å². The van der Waals surface area contributed by atoms with Crippen LogP contribution in [0.1, 0.15) is 13.3 Å². The Labute approximate surface area is 84.9 Å². The molecule has 0 aliphatic heterocycles. The number of methoxy groups -OCH3 is 1. The van der Waals surface area contributed by atoms with Gasteiger partial charge in [0.15, 0.2) is 0 Å². The molecule has 0 aromatic heterocycles. The maximum atomic E-state index is 11.2. The molecule has 1 atom stereocenters. The smallest absolute Gasteiger partial charge is 0.246 e. The third-order valence-electron chi connectivity index (χ3n) is 1.72. The van der Waals surface area contributed by atoms with Crippen LogP contribution in [-0.4, -0.2) is 45.4 Å². The zero-order chi connectivity index (χ0) is 10.8. The summed E-state index contributed by atoms with van der Waals surface area (Å²) in [4.78, 5) is 11.2. The molecule has 5 heteroatoms. The summed E-state index contributed by atoms with van der Waals surface area (Å²) in [6.07, 6.45) is 0.844. The molecule has 1 amide bonds. The second-order valence-electron chi connectivity index (χ2n) is 2.97. The van der Waals surface area contributed by atoms with Crippen LogP contribution in [-0.2, 0) is 14.3 Å². The Kier molecular flexibility index (Phi) is 8.51. The highest BCUT2D eigenvalue weighted by atomic mass is 16.5. The summed E-state index contributed by atoms with van der Waals surface area (Å²) in [6, 6.07) is 0.0639. The molecular weight excluding hydrogens is 184 g/mol. The first-order valence-corrected chi connectivity index (χ1v) is 4.80. The van der Waals surface area contributed by atoms with E-state index in [9.17, 15) is 4.79 Å². The summed E-state index contributed by atoms with van der Waals surface area (Å²) < 4.78 is 9.94. The minimum atomic E-state index is -0.123. The van der Waals surface area contributed by atoms with Crippen LogP contribution in [0.4, 0.5) is 0 Å². The maximum absolute atomic E-state index is 11.2. The molecule has 0 radical (unpaired) electrons. The highest BCUT2D eigenvalue weighted by molar-refractivity contribution is 5.77. The van der Waals surface area contributed by atoms with E-state index in [1.807, 2.05) is 6.92 Å². The number of ether oxygens (including phenoxy) is 2. The standard InChI is InChI=1S/C9H20N2O3/c1-3-8(6-13-2)11-9(12)7-14-5-4-10/h8H,3-7,10H2,1-2H3,(H,11,12). The lowest BCUT2D eigenvalue weighted by Gasteiger charge is -2.15. The Bertz CT molecular complexity index is 153. The summed E-state index contributed by atoms with van der Waals surface area (Å²) in [5, 5.41) is 2.80. The fraction of sp³-hybridized carbons (Fsp3) is 0.889. The molecule has 14 heavy (non-hydrogen) atoms. The van der Waals surface area contributed by atoms with Crippen molar-refractivity contribution in [1.82, 2.24) is 5.32 Å². The van der Waals surface area contributed by atoms with Gasteiger partial charge < -0.3 is 20.5 Å². The molecule has 0 heterocycles. The van der Waals surface area contributed by atoms with Crippen LogP contribution in [0.25, 0.3) is 0 Å². The number of rotatable bonds is 8. The predicted octanol–water partition coefficient (Wildman–Crippen LogP) is -0.497. The van der Waals surface area contributed by atoms with Gasteiger partial charge in [0.05, 0.1) is 19.3 Å². The van der Waals surface area contributed by atoms with Crippen LogP contribution in [0.5, 0.6) is 0 Å². The summed E-state index contributed by atoms with van der Waals surface area (Å²) >= 11 is 0. The van der Waals surface area contributed by atoms with Gasteiger partial charge in [-0.2, -0.15) is 0 Å². The quantitative estimate of drug-likeness (QED) is 0.523. The Morgan fingerprint density at radius 3 is 2.79 bits per heavy atom. The van der Waals surface area contributed by atoms with Gasteiger partial charge in [-0.05, 0) is 6.42 Å². The number of carbonyl (C=O) groups excluding carboxylic acids is 1. The number of hydrogen-bond acceptors (Lipinski definition) is 4. The summed E-state index contributed by atoms with van der Waals surface area (Å²) in [5.41, 5.74) is 5.21. The molecule has 0 fully saturated rings. The van der Waals surface area contributed by atoms with Gasteiger partial charge in [0.1, 0.15) is 6.61 Å². The highest BCUT2D eigenvalue weighted by Gasteiger charge is 2.09. The van der Waals surface area contributed by atoms with Crippen LogP contribution in [0, 0.1) is 0 Å². The van der Waals surface area contributed by atoms with E-state index in [2.05, 4.69) is 5.32 Å². The number of nitrogens with one attached hydrogen (secondary N) is 1. The SMILES string of the molecule is CCC(COC)NC(=O)COCCN. The molecule has 1 unspecified atom stereocenters. The van der Waals surface area contributed by atoms with Gasteiger partial charge >= 0.3 is 0 Å². The first-order valence-electron chi connectivity index (χ1n) is 4.80. The van der Waals surface area contributed by atoms with Crippen molar-refractivity contribution in [2.24, 2.45) is 5.73 Å². The van der Waals surface area contributed by atoms with E-state index in [4.69, 9.17) is 15.2 Å². The maximum Gasteiger partial charge on any atom is 0.246 e. The third-order valence-corrected chi connectivity index (χ3v) is 1.72. The number of hydrogen-bond donors (Lipinski definition) is 2. The van der Waals surface area contributed by atoms with Gasteiger partial charge in [0.25, 0.3) is 0 Å². The van der Waals surface area contributed by atoms with E-state index >= 15 is 0 Å². The first-order chi connectivity index (χ1) is 6.74. The largest absolute Gasteiger partial charge is 0.383 e. The third kappa shape index (κ3) is 6.82. The molecule has 0 aromatic rings. The Balaban J connectivity index is 3.56. The molecule has 0 aromatic carbocycles. The van der Waals surface area contributed by atoms with E-state index in [0.717, 1.165) is 6.42 Å². The minimum absolute atomic E-state index is 0.0639. The van der Waals surface area contributed by atoms with Crippen molar-refractivity contribution < 1.29 is 14.3 Å². The van der Waals surface area contributed by atoms with Gasteiger partial charge in [-0.3, -0.25) is 4.79 Å². The molecule has 5 nitrogen and oxygen atoms in total. The van der Waals surface area contributed by atoms with Crippen molar-refractivity contribution in [1.29, 1.82) is 0 Å². The van der Waals surface area contributed by atoms with E-state index in [1.165, 1.54) is 0 Å². The molecule has 0 aliphatic rings. The van der Waals surface area contributed by atoms with Gasteiger partial charge in [-0.1, -0.05) is 6.92 Å². The molecule has 84 valence electrons. The Morgan fingerprint density at radius 1 is 1.57 bits per heavy atom. The topological polar surface area (TPSA) is 73.6 Å². The molecule has 0 saturated carbocycles. The first kappa shape index (κ1) is 13.4. The lowest BCUT2D eigenvalue weighted by molar-refractivity contribution is -0.126. The molecular formula is C9H20N2O3. The summed E-state index contributed by atoms with van der Waals surface area (Å²) in [6.45, 7) is 3.43. The Hall–Kier alpha value is -0.650. The zero-order valence-electron chi connectivity index (χ0n) is 8.91. The second kappa shape index (κ2) is 8.93. The van der Waals surface area contributed by atoms with Gasteiger partial charge in [-0.15, -0.1) is 0 Å². The summed E-state index contributed by atoms with van der Waals surface area (Å²) in [7, 11) is 1.61. The molecule has 0 spiro atoms. The zero-order valence-corrected chi connectivity index (χ0v) is 8.91. The van der Waals surface area contributed by atoms with E-state index < -0.39 is 0 Å². The van der Waals surface area contributed by atoms with Crippen molar-refractivity contribution >= 4 is 5.91 Å². The highest BCUT2D eigenvalue weighted by Crippen LogP contribution is 1.91. The lowest BCUT2D eigenvalue weighted by Crippen LogP contribution is -2.39. The monoisotopic (exact) mass is 204 g/mol. The minimum Gasteiger partial charge on any atom is -0.383 e. The van der Waals surface area contributed by atoms with Gasteiger partial charge in [0.2, 0.25) is 5.91 Å². The van der Waals surface area contributed by atoms with Crippen LogP contribution in [0.2, 0.25) is 0 Å². The average molecular weight is 204 g/mol. The molecule has 0 rings (SSSR count). The lowest BCUT2D eigenvalue weighted by atomic mass is 10.2. The van der Waals surface area contributed by atoms with Crippen LogP contribution in [0.15, 0.2) is 0 Å². The number of carbonyl (C=O) groups is 1. The fourth-order valence-electron chi connectivity index (χ4n) is 0.980. The molecule has 0 bridgehead atoms. The second-order valence-corrected chi connectivity index (χ2v) is 2.97. The normalized spacial score (nSPS) is 12.5. The Morgan fingerprint density at radius 2 is 2.29 bits per heavy atom. The van der Waals surface area contributed by atoms with E-state index in [-0.39, 0.29) is 18.6 Å². The van der Waals surface area contributed by atoms with Crippen LogP contribution >= 0.6 is 0 Å². The van der Waals surface area contributed by atoms with Crippen molar-refractivity contribution in [2.75, 3.05) is 33.5 Å². The van der Waals surface area contributed by atoms with Gasteiger partial charge in [-0.25, -0.2) is 0 Å². The molecule has 0 saturated heterocycles. The summed E-state index contributed by atoms with van der Waals surface area (Å²) in [5.74, 6) is -0.123. The van der Waals surface area contributed by atoms with Crippen molar-refractivity contribution in [3.8, 4) is 0 Å². The van der Waals surface area contributed by atoms with Crippen molar-refractivity contribution in [3.63, 3.8) is 0 Å². The number of nitrogens with two attached hydrogens (primary N) is 1. The van der Waals surface area contributed by atoms with E-state index in [0.29, 0.717) is 19.8 Å². The van der Waals surface area contributed by atoms with Crippen molar-refractivity contribution in [3.05, 3.63) is 0 Å². The van der Waals surface area contributed by atoms with Gasteiger partial charge in [0, 0.05) is 13.7 Å². The fourth-order valence-corrected chi connectivity index (χ4v) is 0.980. The number of amides is 1.